The van der Waals surface area contributed by atoms with Crippen molar-refractivity contribution < 1.29 is 4.79 Å². The fraction of sp³-hybridized carbons (Fsp3) is 0. The predicted octanol–water partition coefficient (Wildman–Crippen LogP) is 2.99. The zero-order valence-electron chi connectivity index (χ0n) is 6.32. The Kier molecular flexibility index (Phi) is 3.92. The maximum Gasteiger partial charge on any atom is 0.240 e. The lowest BCUT2D eigenvalue weighted by Crippen LogP contribution is -1.72. The lowest BCUT2D eigenvalue weighted by molar-refractivity contribution is 0.565. The summed E-state index contributed by atoms with van der Waals surface area (Å²) in [6, 6.07) is 5.14. The number of carbonyl (C=O) groups excluding carboxylic acids is 1. The second-order valence-corrected chi connectivity index (χ2v) is 3.39. The number of benzene rings is 1. The van der Waals surface area contributed by atoms with Crippen LogP contribution in [0.25, 0.3) is 0 Å². The zero-order valence-corrected chi connectivity index (χ0v) is 9.29. The first-order valence-electron chi connectivity index (χ1n) is 3.23. The molecule has 1 rings (SSSR count). The second-order valence-electron chi connectivity index (χ2n) is 2.04. The third kappa shape index (κ3) is 2.82. The monoisotopic (exact) mass is 302 g/mol. The van der Waals surface area contributed by atoms with Gasteiger partial charge < -0.3 is 0 Å². The van der Waals surface area contributed by atoms with Crippen LogP contribution in [-0.2, 0) is 4.79 Å². The number of halogens is 1. The molecule has 0 saturated carbocycles. The van der Waals surface area contributed by atoms with Crippen molar-refractivity contribution in [3.8, 4) is 0 Å². The number of hydrogen-bond acceptors (Lipinski definition) is 4. The molecule has 0 N–H and O–H groups in total. The van der Waals surface area contributed by atoms with E-state index in [9.17, 15) is 4.79 Å². The molecule has 0 spiro atoms. The smallest absolute Gasteiger partial charge is 0.211 e. The number of isocyanates is 1. The zero-order chi connectivity index (χ0) is 9.68. The highest BCUT2D eigenvalue weighted by Gasteiger charge is 1.98. The average Bonchev–Trinajstić information content (AvgIpc) is 2.10. The summed E-state index contributed by atoms with van der Waals surface area (Å²) in [5.41, 5.74) is 1.28. The van der Waals surface area contributed by atoms with Crippen LogP contribution < -0.4 is 0 Å². The van der Waals surface area contributed by atoms with E-state index in [0.717, 1.165) is 3.57 Å². The summed E-state index contributed by atoms with van der Waals surface area (Å²) in [5.74, 6) is 0. The van der Waals surface area contributed by atoms with Crippen LogP contribution in [0.4, 0.5) is 11.4 Å². The van der Waals surface area contributed by atoms with Crippen molar-refractivity contribution in [1.82, 2.24) is 0 Å². The first-order chi connectivity index (χ1) is 6.27. The number of thiocarbonyl (C=S) groups is 1. The van der Waals surface area contributed by atoms with Gasteiger partial charge in [-0.1, -0.05) is 0 Å². The lowest BCUT2D eigenvalue weighted by Gasteiger charge is -1.95. The Bertz CT molecular complexity index is 420. The summed E-state index contributed by atoms with van der Waals surface area (Å²) in [7, 11) is 0. The van der Waals surface area contributed by atoms with E-state index in [1.54, 1.807) is 18.2 Å². The normalized spacial score (nSPS) is 8.38. The highest BCUT2D eigenvalue weighted by Crippen LogP contribution is 2.25. The fourth-order valence-electron chi connectivity index (χ4n) is 0.758. The molecule has 64 valence electrons. The number of hydrogen-bond donors (Lipinski definition) is 0. The molecule has 0 unspecified atom stereocenters. The van der Waals surface area contributed by atoms with Crippen molar-refractivity contribution in [2.45, 2.75) is 0 Å². The Labute approximate surface area is 93.7 Å². The first-order valence-corrected chi connectivity index (χ1v) is 4.72. The summed E-state index contributed by atoms with van der Waals surface area (Å²) in [6.07, 6.45) is 1.48. The molecular formula is C8H3IN2OS. The number of aliphatic imine (C=N–C) groups is 2. The molecule has 5 heteroatoms. The van der Waals surface area contributed by atoms with Crippen LogP contribution in [0.3, 0.4) is 0 Å². The van der Waals surface area contributed by atoms with Gasteiger partial charge in [0.25, 0.3) is 0 Å². The minimum Gasteiger partial charge on any atom is -0.211 e. The minimum atomic E-state index is 0.582. The van der Waals surface area contributed by atoms with Crippen LogP contribution in [-0.4, -0.2) is 11.2 Å². The summed E-state index contributed by atoms with van der Waals surface area (Å²) >= 11 is 6.51. The molecule has 0 heterocycles. The van der Waals surface area contributed by atoms with Crippen molar-refractivity contribution in [2.75, 3.05) is 0 Å². The van der Waals surface area contributed by atoms with Crippen molar-refractivity contribution >= 4 is 57.4 Å². The van der Waals surface area contributed by atoms with Crippen LogP contribution in [0.5, 0.6) is 0 Å². The first kappa shape index (κ1) is 10.2. The third-order valence-electron chi connectivity index (χ3n) is 1.27. The van der Waals surface area contributed by atoms with Gasteiger partial charge in [0.15, 0.2) is 0 Å². The SMILES string of the molecule is O=C=Nc1ccc(N=C=S)cc1I. The molecule has 1 aromatic rings. The summed E-state index contributed by atoms with van der Waals surface area (Å²) < 4.78 is 0.826. The molecule has 13 heavy (non-hydrogen) atoms. The highest BCUT2D eigenvalue weighted by atomic mass is 127. The maximum absolute atomic E-state index is 9.99. The Balaban J connectivity index is 3.19. The predicted molar refractivity (Wildman–Crippen MR) is 61.6 cm³/mol. The molecule has 0 aliphatic carbocycles. The van der Waals surface area contributed by atoms with Gasteiger partial charge in [-0.15, -0.1) is 0 Å². The Morgan fingerprint density at radius 1 is 1.38 bits per heavy atom. The van der Waals surface area contributed by atoms with Gasteiger partial charge in [-0.25, -0.2) is 4.79 Å². The number of rotatable bonds is 2. The molecule has 0 saturated heterocycles. The topological polar surface area (TPSA) is 41.8 Å². The third-order valence-corrected chi connectivity index (χ3v) is 2.23. The van der Waals surface area contributed by atoms with E-state index in [4.69, 9.17) is 0 Å². The maximum atomic E-state index is 9.99. The second kappa shape index (κ2) is 4.99. The molecule has 0 aromatic heterocycles. The van der Waals surface area contributed by atoms with Gasteiger partial charge >= 0.3 is 0 Å². The molecule has 0 bridgehead atoms. The van der Waals surface area contributed by atoms with Gasteiger partial charge in [0.2, 0.25) is 6.08 Å². The summed E-state index contributed by atoms with van der Waals surface area (Å²) in [4.78, 5) is 17.3. The van der Waals surface area contributed by atoms with Gasteiger partial charge in [-0.3, -0.25) is 0 Å². The van der Waals surface area contributed by atoms with Crippen LogP contribution >= 0.6 is 34.8 Å². The van der Waals surface area contributed by atoms with Crippen LogP contribution in [0.15, 0.2) is 28.2 Å². The van der Waals surface area contributed by atoms with Gasteiger partial charge in [0, 0.05) is 3.57 Å². The molecule has 1 aromatic carbocycles. The van der Waals surface area contributed by atoms with Crippen molar-refractivity contribution in [3.63, 3.8) is 0 Å². The number of isothiocyanates is 1. The van der Waals surface area contributed by atoms with Crippen LogP contribution in [0, 0.1) is 3.57 Å². The standard InChI is InChI=1S/C8H3IN2OS/c9-7-3-6(11-5-13)1-2-8(7)10-4-12/h1-3H. The van der Waals surface area contributed by atoms with Crippen LogP contribution in [0.1, 0.15) is 0 Å². The van der Waals surface area contributed by atoms with Gasteiger partial charge in [-0.2, -0.15) is 9.98 Å². The van der Waals surface area contributed by atoms with E-state index < -0.39 is 0 Å². The van der Waals surface area contributed by atoms with E-state index >= 15 is 0 Å². The van der Waals surface area contributed by atoms with Crippen molar-refractivity contribution in [1.29, 1.82) is 0 Å². The van der Waals surface area contributed by atoms with E-state index in [1.165, 1.54) is 6.08 Å². The average molecular weight is 302 g/mol. The summed E-state index contributed by atoms with van der Waals surface area (Å²) in [5, 5.41) is 2.26. The Morgan fingerprint density at radius 2 is 2.15 bits per heavy atom. The Hall–Kier alpha value is -0.870. The van der Waals surface area contributed by atoms with E-state index in [-0.39, 0.29) is 0 Å². The number of nitrogens with zero attached hydrogens (tertiary/aromatic N) is 2. The van der Waals surface area contributed by atoms with Gasteiger partial charge in [-0.05, 0) is 53.0 Å². The quantitative estimate of drug-likeness (QED) is 0.365. The Morgan fingerprint density at radius 3 is 2.69 bits per heavy atom. The van der Waals surface area contributed by atoms with Gasteiger partial charge in [0.05, 0.1) is 16.5 Å². The molecule has 3 nitrogen and oxygen atoms in total. The minimum absolute atomic E-state index is 0.582. The van der Waals surface area contributed by atoms with Gasteiger partial charge in [0.1, 0.15) is 0 Å². The van der Waals surface area contributed by atoms with E-state index in [0.29, 0.717) is 11.4 Å². The largest absolute Gasteiger partial charge is 0.240 e. The van der Waals surface area contributed by atoms with Crippen molar-refractivity contribution in [2.24, 2.45) is 9.98 Å². The molecule has 0 aliphatic rings. The van der Waals surface area contributed by atoms with E-state index in [1.807, 2.05) is 0 Å². The molecule has 0 fully saturated rings. The van der Waals surface area contributed by atoms with Crippen molar-refractivity contribution in [3.05, 3.63) is 21.8 Å². The fourth-order valence-corrected chi connectivity index (χ4v) is 1.48. The van der Waals surface area contributed by atoms with Crippen LogP contribution in [0.2, 0.25) is 0 Å². The molecule has 0 radical (unpaired) electrons. The van der Waals surface area contributed by atoms with E-state index in [2.05, 4.69) is 50.0 Å². The molecule has 0 amide bonds. The molecule has 0 atom stereocenters. The summed E-state index contributed by atoms with van der Waals surface area (Å²) in [6.45, 7) is 0. The molecule has 0 aliphatic heterocycles. The molecular weight excluding hydrogens is 299 g/mol. The lowest BCUT2D eigenvalue weighted by atomic mass is 10.3. The highest BCUT2D eigenvalue weighted by molar-refractivity contribution is 14.1.